The third-order valence-corrected chi connectivity index (χ3v) is 4.81. The van der Waals surface area contributed by atoms with E-state index >= 15 is 0 Å². The van der Waals surface area contributed by atoms with Crippen molar-refractivity contribution >= 4 is 17.3 Å². The van der Waals surface area contributed by atoms with E-state index in [1.165, 1.54) is 11.3 Å². The molecule has 0 saturated carbocycles. The maximum atomic E-state index is 11.3. The molecule has 1 aromatic heterocycles. The zero-order valence-corrected chi connectivity index (χ0v) is 13.2. The Balaban J connectivity index is 1.72. The summed E-state index contributed by atoms with van der Waals surface area (Å²) in [4.78, 5) is 13.1. The quantitative estimate of drug-likeness (QED) is 0.910. The van der Waals surface area contributed by atoms with Gasteiger partial charge in [0, 0.05) is 22.3 Å². The van der Waals surface area contributed by atoms with Crippen molar-refractivity contribution in [2.24, 2.45) is 5.92 Å². The number of thiophene rings is 1. The molecule has 0 spiro atoms. The van der Waals surface area contributed by atoms with Crippen LogP contribution in [0.2, 0.25) is 0 Å². The van der Waals surface area contributed by atoms with E-state index in [0.29, 0.717) is 18.1 Å². The van der Waals surface area contributed by atoms with Crippen molar-refractivity contribution in [2.45, 2.75) is 13.3 Å². The predicted molar refractivity (Wildman–Crippen MR) is 85.9 cm³/mol. The molecule has 1 aliphatic heterocycles. The standard InChI is InChI=1S/C17H18O4S/c1-11-8-15(17(18)19)16(22-11)13-2-4-14(5-3-13)21-10-12-6-7-20-9-12/h2-5,8,12H,6-7,9-10H2,1H3,(H,18,19). The number of carbonyl (C=O) groups is 1. The zero-order valence-electron chi connectivity index (χ0n) is 12.4. The fraction of sp³-hybridized carbons (Fsp3) is 0.353. The second-order valence-electron chi connectivity index (χ2n) is 5.47. The largest absolute Gasteiger partial charge is 0.493 e. The first-order valence-electron chi connectivity index (χ1n) is 7.28. The molecule has 1 N–H and O–H groups in total. The van der Waals surface area contributed by atoms with Gasteiger partial charge in [0.2, 0.25) is 0 Å². The molecule has 1 unspecified atom stereocenters. The lowest BCUT2D eigenvalue weighted by Crippen LogP contribution is -2.11. The smallest absolute Gasteiger partial charge is 0.337 e. The fourth-order valence-electron chi connectivity index (χ4n) is 2.52. The summed E-state index contributed by atoms with van der Waals surface area (Å²) in [5.41, 5.74) is 1.27. The third kappa shape index (κ3) is 3.31. The molecule has 1 saturated heterocycles. The van der Waals surface area contributed by atoms with Crippen molar-refractivity contribution in [1.82, 2.24) is 0 Å². The summed E-state index contributed by atoms with van der Waals surface area (Å²) < 4.78 is 11.1. The van der Waals surface area contributed by atoms with Crippen LogP contribution in [0.3, 0.4) is 0 Å². The number of ether oxygens (including phenoxy) is 2. The summed E-state index contributed by atoms with van der Waals surface area (Å²) in [5.74, 6) is 0.389. The van der Waals surface area contributed by atoms with Gasteiger partial charge in [-0.2, -0.15) is 0 Å². The first kappa shape index (κ1) is 15.1. The number of carboxylic acid groups (broad SMARTS) is 1. The number of aryl methyl sites for hydroxylation is 1. The van der Waals surface area contributed by atoms with Crippen LogP contribution in [0.1, 0.15) is 21.7 Å². The highest BCUT2D eigenvalue weighted by Crippen LogP contribution is 2.33. The van der Waals surface area contributed by atoms with Crippen molar-refractivity contribution in [3.8, 4) is 16.2 Å². The molecule has 0 amide bonds. The highest BCUT2D eigenvalue weighted by molar-refractivity contribution is 7.15. The molecule has 2 aromatic rings. The molecule has 4 nitrogen and oxygen atoms in total. The van der Waals surface area contributed by atoms with E-state index < -0.39 is 5.97 Å². The van der Waals surface area contributed by atoms with Gasteiger partial charge in [-0.1, -0.05) is 0 Å². The van der Waals surface area contributed by atoms with Crippen LogP contribution < -0.4 is 4.74 Å². The van der Waals surface area contributed by atoms with Gasteiger partial charge in [0.25, 0.3) is 0 Å². The van der Waals surface area contributed by atoms with E-state index in [1.54, 1.807) is 6.07 Å². The van der Waals surface area contributed by atoms with Crippen LogP contribution in [0.15, 0.2) is 30.3 Å². The summed E-state index contributed by atoms with van der Waals surface area (Å²) in [5, 5.41) is 9.27. The molecule has 3 rings (SSSR count). The SMILES string of the molecule is Cc1cc(C(=O)O)c(-c2ccc(OCC3CCOC3)cc2)s1. The summed E-state index contributed by atoms with van der Waals surface area (Å²) in [6.45, 7) is 4.18. The minimum atomic E-state index is -0.888. The van der Waals surface area contributed by atoms with Crippen LogP contribution in [-0.2, 0) is 4.74 Å². The van der Waals surface area contributed by atoms with E-state index in [1.807, 2.05) is 31.2 Å². The molecular weight excluding hydrogens is 300 g/mol. The summed E-state index contributed by atoms with van der Waals surface area (Å²) >= 11 is 1.50. The van der Waals surface area contributed by atoms with Crippen LogP contribution >= 0.6 is 11.3 Å². The molecule has 2 heterocycles. The lowest BCUT2D eigenvalue weighted by atomic mass is 10.1. The van der Waals surface area contributed by atoms with Crippen LogP contribution in [0.5, 0.6) is 5.75 Å². The van der Waals surface area contributed by atoms with Crippen molar-refractivity contribution in [3.05, 3.63) is 40.8 Å². The van der Waals surface area contributed by atoms with Crippen molar-refractivity contribution in [2.75, 3.05) is 19.8 Å². The fourth-order valence-corrected chi connectivity index (χ4v) is 3.53. The van der Waals surface area contributed by atoms with Gasteiger partial charge in [-0.3, -0.25) is 0 Å². The summed E-state index contributed by atoms with van der Waals surface area (Å²) in [6.07, 6.45) is 1.05. The normalized spacial score (nSPS) is 17.6. The van der Waals surface area contributed by atoms with Gasteiger partial charge >= 0.3 is 5.97 Å². The van der Waals surface area contributed by atoms with Gasteiger partial charge in [-0.15, -0.1) is 11.3 Å². The maximum absolute atomic E-state index is 11.3. The minimum Gasteiger partial charge on any atom is -0.493 e. The lowest BCUT2D eigenvalue weighted by Gasteiger charge is -2.10. The molecule has 0 aliphatic carbocycles. The van der Waals surface area contributed by atoms with E-state index in [0.717, 1.165) is 40.7 Å². The van der Waals surface area contributed by atoms with Gasteiger partial charge in [-0.25, -0.2) is 4.79 Å². The van der Waals surface area contributed by atoms with E-state index in [9.17, 15) is 9.90 Å². The highest BCUT2D eigenvalue weighted by Gasteiger charge is 2.17. The van der Waals surface area contributed by atoms with Crippen LogP contribution in [-0.4, -0.2) is 30.9 Å². The Morgan fingerprint density at radius 1 is 1.41 bits per heavy atom. The van der Waals surface area contributed by atoms with E-state index in [2.05, 4.69) is 0 Å². The molecule has 0 bridgehead atoms. The molecule has 1 fully saturated rings. The Labute approximate surface area is 133 Å². The summed E-state index contributed by atoms with van der Waals surface area (Å²) in [6, 6.07) is 9.33. The Morgan fingerprint density at radius 3 is 2.82 bits per heavy atom. The monoisotopic (exact) mass is 318 g/mol. The van der Waals surface area contributed by atoms with E-state index in [-0.39, 0.29) is 0 Å². The molecular formula is C17H18O4S. The van der Waals surface area contributed by atoms with Crippen molar-refractivity contribution in [3.63, 3.8) is 0 Å². The van der Waals surface area contributed by atoms with Crippen molar-refractivity contribution in [1.29, 1.82) is 0 Å². The average molecular weight is 318 g/mol. The Hall–Kier alpha value is -1.85. The average Bonchev–Trinajstić information content (AvgIpc) is 3.15. The first-order valence-corrected chi connectivity index (χ1v) is 8.10. The number of rotatable bonds is 5. The van der Waals surface area contributed by atoms with E-state index in [4.69, 9.17) is 9.47 Å². The number of benzene rings is 1. The number of hydrogen-bond donors (Lipinski definition) is 1. The predicted octanol–water partition coefficient (Wildman–Crippen LogP) is 3.84. The minimum absolute atomic E-state index is 0.360. The topological polar surface area (TPSA) is 55.8 Å². The van der Waals surface area contributed by atoms with Gasteiger partial charge < -0.3 is 14.6 Å². The Morgan fingerprint density at radius 2 is 2.18 bits per heavy atom. The molecule has 5 heteroatoms. The van der Waals surface area contributed by atoms with Gasteiger partial charge in [0.15, 0.2) is 0 Å². The van der Waals surface area contributed by atoms with Gasteiger partial charge in [0.1, 0.15) is 5.75 Å². The molecule has 1 aromatic carbocycles. The molecule has 1 atom stereocenters. The van der Waals surface area contributed by atoms with Gasteiger partial charge in [-0.05, 0) is 49.2 Å². The molecule has 0 radical (unpaired) electrons. The van der Waals surface area contributed by atoms with Gasteiger partial charge in [0.05, 0.1) is 18.8 Å². The second-order valence-corrected chi connectivity index (χ2v) is 6.73. The number of aromatic carboxylic acids is 1. The van der Waals surface area contributed by atoms with Crippen molar-refractivity contribution < 1.29 is 19.4 Å². The molecule has 116 valence electrons. The van der Waals surface area contributed by atoms with Crippen LogP contribution in [0, 0.1) is 12.8 Å². The number of carboxylic acids is 1. The second kappa shape index (κ2) is 6.50. The third-order valence-electron chi connectivity index (χ3n) is 3.71. The lowest BCUT2D eigenvalue weighted by molar-refractivity contribution is 0.0698. The zero-order chi connectivity index (χ0) is 15.5. The highest BCUT2D eigenvalue weighted by atomic mass is 32.1. The Kier molecular flexibility index (Phi) is 4.45. The summed E-state index contributed by atoms with van der Waals surface area (Å²) in [7, 11) is 0. The maximum Gasteiger partial charge on any atom is 0.337 e. The van der Waals surface area contributed by atoms with Crippen LogP contribution in [0.4, 0.5) is 0 Å². The Bertz CT molecular complexity index is 654. The molecule has 1 aliphatic rings. The molecule has 22 heavy (non-hydrogen) atoms. The van der Waals surface area contributed by atoms with Crippen LogP contribution in [0.25, 0.3) is 10.4 Å². The number of hydrogen-bond acceptors (Lipinski definition) is 4. The first-order chi connectivity index (χ1) is 10.6.